The Hall–Kier alpha value is -1.39. The van der Waals surface area contributed by atoms with Crippen LogP contribution in [-0.2, 0) is 9.53 Å². The van der Waals surface area contributed by atoms with Crippen LogP contribution in [0.5, 0.6) is 0 Å². The number of hydrogen-bond acceptors (Lipinski definition) is 4. The number of aliphatic hydroxyl groups is 2. The summed E-state index contributed by atoms with van der Waals surface area (Å²) in [5.41, 5.74) is 1.55. The van der Waals surface area contributed by atoms with Crippen LogP contribution in [0.3, 0.4) is 0 Å². The number of aliphatic hydroxyl groups excluding tert-OH is 2. The first kappa shape index (κ1) is 13.7. The molecule has 0 spiro atoms. The number of ether oxygens (including phenoxy) is 1. The number of benzene rings is 1. The van der Waals surface area contributed by atoms with E-state index in [-0.39, 0.29) is 0 Å². The van der Waals surface area contributed by atoms with Gasteiger partial charge in [-0.25, -0.2) is 4.79 Å². The molecular weight excluding hydrogens is 220 g/mol. The first-order valence-corrected chi connectivity index (χ1v) is 5.51. The summed E-state index contributed by atoms with van der Waals surface area (Å²) >= 11 is 0. The second-order valence-corrected chi connectivity index (χ2v) is 4.24. The Morgan fingerprint density at radius 3 is 2.35 bits per heavy atom. The lowest BCUT2D eigenvalue weighted by Gasteiger charge is -2.17. The molecule has 0 amide bonds. The molecule has 0 aliphatic rings. The van der Waals surface area contributed by atoms with Crippen LogP contribution in [0.25, 0.3) is 0 Å². The molecular formula is C13H18O4. The summed E-state index contributed by atoms with van der Waals surface area (Å²) in [7, 11) is 1.17. The molecule has 0 aliphatic heterocycles. The molecule has 0 aliphatic carbocycles. The van der Waals surface area contributed by atoms with E-state index < -0.39 is 18.2 Å². The number of hydrogen-bond donors (Lipinski definition) is 2. The highest BCUT2D eigenvalue weighted by Crippen LogP contribution is 2.22. The SMILES string of the molecule is COC(=O)C(O)C(O)c1cccc(C(C)C)c1. The van der Waals surface area contributed by atoms with Crippen LogP contribution in [0, 0.1) is 0 Å². The summed E-state index contributed by atoms with van der Waals surface area (Å²) in [6.07, 6.45) is -2.82. The Morgan fingerprint density at radius 2 is 1.82 bits per heavy atom. The summed E-state index contributed by atoms with van der Waals surface area (Å²) in [5.74, 6) is -0.523. The average Bonchev–Trinajstić information content (AvgIpc) is 2.36. The lowest BCUT2D eigenvalue weighted by atomic mass is 9.97. The van der Waals surface area contributed by atoms with Crippen molar-refractivity contribution in [1.82, 2.24) is 0 Å². The Bertz CT molecular complexity index is 387. The molecule has 0 radical (unpaired) electrons. The van der Waals surface area contributed by atoms with Gasteiger partial charge in [0, 0.05) is 0 Å². The number of rotatable bonds is 4. The van der Waals surface area contributed by atoms with Gasteiger partial charge in [-0.15, -0.1) is 0 Å². The first-order valence-electron chi connectivity index (χ1n) is 5.51. The lowest BCUT2D eigenvalue weighted by Crippen LogP contribution is -2.29. The molecule has 94 valence electrons. The standard InChI is InChI=1S/C13H18O4/c1-8(2)9-5-4-6-10(7-9)11(14)12(15)13(16)17-3/h4-8,11-12,14-15H,1-3H3. The summed E-state index contributed by atoms with van der Waals surface area (Å²) in [4.78, 5) is 11.1. The van der Waals surface area contributed by atoms with Crippen LogP contribution in [0.4, 0.5) is 0 Å². The zero-order valence-corrected chi connectivity index (χ0v) is 10.3. The summed E-state index contributed by atoms with van der Waals surface area (Å²) in [6, 6.07) is 7.17. The minimum Gasteiger partial charge on any atom is -0.467 e. The number of esters is 1. The predicted molar refractivity (Wildman–Crippen MR) is 63.5 cm³/mol. The molecule has 1 aromatic carbocycles. The van der Waals surface area contributed by atoms with Gasteiger partial charge in [-0.3, -0.25) is 0 Å². The monoisotopic (exact) mass is 238 g/mol. The Balaban J connectivity index is 2.92. The highest BCUT2D eigenvalue weighted by molar-refractivity contribution is 5.75. The lowest BCUT2D eigenvalue weighted by molar-refractivity contribution is -0.156. The van der Waals surface area contributed by atoms with Crippen molar-refractivity contribution < 1.29 is 19.7 Å². The van der Waals surface area contributed by atoms with Gasteiger partial charge in [0.15, 0.2) is 6.10 Å². The van der Waals surface area contributed by atoms with E-state index in [0.717, 1.165) is 5.56 Å². The molecule has 1 aromatic rings. The van der Waals surface area contributed by atoms with Crippen molar-refractivity contribution in [2.45, 2.75) is 32.0 Å². The van der Waals surface area contributed by atoms with Crippen LogP contribution in [0.2, 0.25) is 0 Å². The molecule has 0 heterocycles. The molecule has 2 unspecified atom stereocenters. The van der Waals surface area contributed by atoms with Gasteiger partial charge in [0.1, 0.15) is 6.10 Å². The summed E-state index contributed by atoms with van der Waals surface area (Å²) < 4.78 is 4.38. The first-order chi connectivity index (χ1) is 7.97. The third-order valence-corrected chi connectivity index (χ3v) is 2.66. The molecule has 17 heavy (non-hydrogen) atoms. The van der Waals surface area contributed by atoms with E-state index in [9.17, 15) is 15.0 Å². The number of carbonyl (C=O) groups is 1. The fourth-order valence-electron chi connectivity index (χ4n) is 1.53. The maximum absolute atomic E-state index is 11.1. The second-order valence-electron chi connectivity index (χ2n) is 4.24. The van der Waals surface area contributed by atoms with Crippen LogP contribution >= 0.6 is 0 Å². The van der Waals surface area contributed by atoms with E-state index in [1.165, 1.54) is 7.11 Å². The normalized spacial score (nSPS) is 14.5. The number of methoxy groups -OCH3 is 1. The van der Waals surface area contributed by atoms with E-state index >= 15 is 0 Å². The highest BCUT2D eigenvalue weighted by atomic mass is 16.5. The molecule has 4 heteroatoms. The quantitative estimate of drug-likeness (QED) is 0.778. The van der Waals surface area contributed by atoms with Crippen molar-refractivity contribution in [1.29, 1.82) is 0 Å². The maximum atomic E-state index is 11.1. The smallest absolute Gasteiger partial charge is 0.337 e. The Kier molecular flexibility index (Phi) is 4.66. The van der Waals surface area contributed by atoms with Crippen molar-refractivity contribution in [3.05, 3.63) is 35.4 Å². The minimum absolute atomic E-state index is 0.317. The Morgan fingerprint density at radius 1 is 1.24 bits per heavy atom. The van der Waals surface area contributed by atoms with Crippen LogP contribution in [0.1, 0.15) is 37.0 Å². The zero-order valence-electron chi connectivity index (χ0n) is 10.3. The van der Waals surface area contributed by atoms with Gasteiger partial charge in [0.05, 0.1) is 7.11 Å². The highest BCUT2D eigenvalue weighted by Gasteiger charge is 2.26. The van der Waals surface area contributed by atoms with E-state index in [1.54, 1.807) is 18.2 Å². The molecule has 2 N–H and O–H groups in total. The van der Waals surface area contributed by atoms with Crippen molar-refractivity contribution in [3.63, 3.8) is 0 Å². The van der Waals surface area contributed by atoms with Crippen LogP contribution in [-0.4, -0.2) is 29.4 Å². The summed E-state index contributed by atoms with van der Waals surface area (Å²) in [5, 5.41) is 19.4. The largest absolute Gasteiger partial charge is 0.467 e. The average molecular weight is 238 g/mol. The second kappa shape index (κ2) is 5.80. The third-order valence-electron chi connectivity index (χ3n) is 2.66. The number of carbonyl (C=O) groups excluding carboxylic acids is 1. The fraction of sp³-hybridized carbons (Fsp3) is 0.462. The Labute approximate surface area is 101 Å². The van der Waals surface area contributed by atoms with Gasteiger partial charge in [0.2, 0.25) is 0 Å². The van der Waals surface area contributed by atoms with Crippen LogP contribution in [0.15, 0.2) is 24.3 Å². The topological polar surface area (TPSA) is 66.8 Å². The molecule has 2 atom stereocenters. The molecule has 4 nitrogen and oxygen atoms in total. The van der Waals surface area contributed by atoms with Gasteiger partial charge in [0.25, 0.3) is 0 Å². The molecule has 0 bridgehead atoms. The van der Waals surface area contributed by atoms with Gasteiger partial charge >= 0.3 is 5.97 Å². The predicted octanol–water partition coefficient (Wildman–Crippen LogP) is 1.38. The van der Waals surface area contributed by atoms with Crippen LogP contribution < -0.4 is 0 Å². The van der Waals surface area contributed by atoms with Gasteiger partial charge < -0.3 is 14.9 Å². The molecule has 0 saturated carbocycles. The van der Waals surface area contributed by atoms with E-state index in [1.807, 2.05) is 19.9 Å². The van der Waals surface area contributed by atoms with Crippen molar-refractivity contribution in [3.8, 4) is 0 Å². The molecule has 1 rings (SSSR count). The minimum atomic E-state index is -1.55. The third kappa shape index (κ3) is 3.28. The molecule has 0 aromatic heterocycles. The van der Waals surface area contributed by atoms with Gasteiger partial charge in [-0.1, -0.05) is 38.1 Å². The molecule has 0 saturated heterocycles. The maximum Gasteiger partial charge on any atom is 0.337 e. The van der Waals surface area contributed by atoms with E-state index in [4.69, 9.17) is 0 Å². The van der Waals surface area contributed by atoms with Gasteiger partial charge in [-0.05, 0) is 17.0 Å². The zero-order chi connectivity index (χ0) is 13.0. The van der Waals surface area contributed by atoms with Crippen molar-refractivity contribution >= 4 is 5.97 Å². The van der Waals surface area contributed by atoms with Gasteiger partial charge in [-0.2, -0.15) is 0 Å². The van der Waals surface area contributed by atoms with Crippen molar-refractivity contribution in [2.24, 2.45) is 0 Å². The fourth-order valence-corrected chi connectivity index (χ4v) is 1.53. The molecule has 0 fully saturated rings. The van der Waals surface area contributed by atoms with E-state index in [2.05, 4.69) is 4.74 Å². The van der Waals surface area contributed by atoms with E-state index in [0.29, 0.717) is 11.5 Å². The summed E-state index contributed by atoms with van der Waals surface area (Å²) in [6.45, 7) is 4.06. The van der Waals surface area contributed by atoms with Crippen molar-refractivity contribution in [2.75, 3.05) is 7.11 Å².